The van der Waals surface area contributed by atoms with E-state index in [0.29, 0.717) is 0 Å². The van der Waals surface area contributed by atoms with Crippen molar-refractivity contribution in [2.45, 2.75) is 12.3 Å². The van der Waals surface area contributed by atoms with Crippen LogP contribution in [0.2, 0.25) is 0 Å². The number of hydrogen-bond donors (Lipinski definition) is 0. The number of methoxy groups -OCH3 is 1. The van der Waals surface area contributed by atoms with E-state index in [0.717, 1.165) is 18.2 Å². The van der Waals surface area contributed by atoms with Crippen LogP contribution in [0.15, 0.2) is 41.1 Å². The first-order valence-electron chi connectivity index (χ1n) is 5.24. The van der Waals surface area contributed by atoms with E-state index in [-0.39, 0.29) is 5.56 Å². The Morgan fingerprint density at radius 2 is 1.72 bits per heavy atom. The Balaban J connectivity index is 2.27. The Morgan fingerprint density at radius 1 is 1.06 bits per heavy atom. The van der Waals surface area contributed by atoms with Crippen LogP contribution < -0.4 is 0 Å². The molecule has 1 heterocycles. The summed E-state index contributed by atoms with van der Waals surface area (Å²) in [6, 6.07) is 8.19. The average molecular weight is 272 g/mol. The third-order valence-corrected chi connectivity index (χ3v) is 3.28. The SMILES string of the molecule is COC(c1ccc(-c2ccsc2)cc1)C(F)(F)F. The van der Waals surface area contributed by atoms with Crippen molar-refractivity contribution in [3.05, 3.63) is 46.7 Å². The van der Waals surface area contributed by atoms with Crippen molar-refractivity contribution in [1.29, 1.82) is 0 Å². The number of halogens is 3. The molecule has 0 amide bonds. The van der Waals surface area contributed by atoms with E-state index >= 15 is 0 Å². The van der Waals surface area contributed by atoms with E-state index in [1.165, 1.54) is 12.1 Å². The summed E-state index contributed by atoms with van der Waals surface area (Å²) in [5.74, 6) is 0. The Kier molecular flexibility index (Phi) is 3.73. The van der Waals surface area contributed by atoms with Crippen LogP contribution in [-0.2, 0) is 4.74 Å². The highest BCUT2D eigenvalue weighted by molar-refractivity contribution is 7.08. The van der Waals surface area contributed by atoms with Crippen LogP contribution in [0.4, 0.5) is 13.2 Å². The predicted octanol–water partition coefficient (Wildman–Crippen LogP) is 4.66. The molecule has 1 aromatic heterocycles. The maximum Gasteiger partial charge on any atom is 0.418 e. The fourth-order valence-electron chi connectivity index (χ4n) is 1.74. The Morgan fingerprint density at radius 3 is 2.17 bits per heavy atom. The summed E-state index contributed by atoms with van der Waals surface area (Å²) in [5.41, 5.74) is 2.02. The summed E-state index contributed by atoms with van der Waals surface area (Å²) in [5, 5.41) is 3.88. The highest BCUT2D eigenvalue weighted by atomic mass is 32.1. The largest absolute Gasteiger partial charge is 0.418 e. The van der Waals surface area contributed by atoms with E-state index in [2.05, 4.69) is 4.74 Å². The van der Waals surface area contributed by atoms with Gasteiger partial charge in [-0.3, -0.25) is 0 Å². The van der Waals surface area contributed by atoms with Crippen LogP contribution in [0, 0.1) is 0 Å². The van der Waals surface area contributed by atoms with Gasteiger partial charge in [0.25, 0.3) is 0 Å². The zero-order valence-corrected chi connectivity index (χ0v) is 10.4. The molecule has 2 aromatic rings. The van der Waals surface area contributed by atoms with Crippen molar-refractivity contribution in [3.63, 3.8) is 0 Å². The zero-order valence-electron chi connectivity index (χ0n) is 9.57. The molecule has 1 atom stereocenters. The molecule has 0 aliphatic carbocycles. The molecule has 0 saturated heterocycles. The van der Waals surface area contributed by atoms with Crippen LogP contribution in [0.1, 0.15) is 11.7 Å². The molecule has 1 aromatic carbocycles. The summed E-state index contributed by atoms with van der Waals surface area (Å²) >= 11 is 1.55. The van der Waals surface area contributed by atoms with Crippen LogP contribution in [0.5, 0.6) is 0 Å². The maximum absolute atomic E-state index is 12.7. The van der Waals surface area contributed by atoms with E-state index < -0.39 is 12.3 Å². The quantitative estimate of drug-likeness (QED) is 0.789. The molecular formula is C13H11F3OS. The van der Waals surface area contributed by atoms with Crippen LogP contribution in [0.3, 0.4) is 0 Å². The minimum Gasteiger partial charge on any atom is -0.367 e. The standard InChI is InChI=1S/C13H11F3OS/c1-17-12(13(14,15)16)10-4-2-9(3-5-10)11-6-7-18-8-11/h2-8,12H,1H3. The van der Waals surface area contributed by atoms with E-state index in [9.17, 15) is 13.2 Å². The lowest BCUT2D eigenvalue weighted by Crippen LogP contribution is -2.22. The van der Waals surface area contributed by atoms with Gasteiger partial charge in [0.2, 0.25) is 0 Å². The van der Waals surface area contributed by atoms with Gasteiger partial charge in [-0.05, 0) is 33.5 Å². The van der Waals surface area contributed by atoms with E-state index in [1.54, 1.807) is 23.5 Å². The summed E-state index contributed by atoms with van der Waals surface area (Å²) in [4.78, 5) is 0. The van der Waals surface area contributed by atoms with Crippen LogP contribution >= 0.6 is 11.3 Å². The lowest BCUT2D eigenvalue weighted by molar-refractivity contribution is -0.215. The molecule has 0 N–H and O–H groups in total. The predicted molar refractivity (Wildman–Crippen MR) is 65.6 cm³/mol. The molecule has 0 radical (unpaired) electrons. The summed E-state index contributed by atoms with van der Waals surface area (Å²) in [6.45, 7) is 0. The first-order valence-corrected chi connectivity index (χ1v) is 6.18. The minimum absolute atomic E-state index is 0.115. The van der Waals surface area contributed by atoms with Crippen LogP contribution in [0.25, 0.3) is 11.1 Å². The van der Waals surface area contributed by atoms with Crippen molar-refractivity contribution < 1.29 is 17.9 Å². The summed E-state index contributed by atoms with van der Waals surface area (Å²) in [6.07, 6.45) is -6.26. The van der Waals surface area contributed by atoms with Gasteiger partial charge in [0.1, 0.15) is 0 Å². The molecule has 0 saturated carbocycles. The topological polar surface area (TPSA) is 9.23 Å². The molecule has 0 aliphatic rings. The van der Waals surface area contributed by atoms with Gasteiger partial charge >= 0.3 is 6.18 Å². The maximum atomic E-state index is 12.7. The highest BCUT2D eigenvalue weighted by Crippen LogP contribution is 2.36. The van der Waals surface area contributed by atoms with Crippen molar-refractivity contribution in [2.24, 2.45) is 0 Å². The lowest BCUT2D eigenvalue weighted by Gasteiger charge is -2.19. The fraction of sp³-hybridized carbons (Fsp3) is 0.231. The second-order valence-corrected chi connectivity index (χ2v) is 4.57. The third kappa shape index (κ3) is 2.73. The fourth-order valence-corrected chi connectivity index (χ4v) is 2.40. The molecule has 96 valence electrons. The molecule has 0 fully saturated rings. The molecule has 2 rings (SSSR count). The van der Waals surface area contributed by atoms with Crippen molar-refractivity contribution in [3.8, 4) is 11.1 Å². The second kappa shape index (κ2) is 5.12. The molecule has 18 heavy (non-hydrogen) atoms. The van der Waals surface area contributed by atoms with Crippen molar-refractivity contribution >= 4 is 11.3 Å². The Bertz CT molecular complexity index is 488. The van der Waals surface area contributed by atoms with Gasteiger partial charge in [-0.25, -0.2) is 0 Å². The molecule has 0 aliphatic heterocycles. The summed E-state index contributed by atoms with van der Waals surface area (Å²) in [7, 11) is 1.06. The molecule has 0 spiro atoms. The van der Waals surface area contributed by atoms with E-state index in [4.69, 9.17) is 0 Å². The van der Waals surface area contributed by atoms with Gasteiger partial charge in [-0.2, -0.15) is 24.5 Å². The first-order chi connectivity index (χ1) is 8.52. The first kappa shape index (κ1) is 13.1. The van der Waals surface area contributed by atoms with Gasteiger partial charge in [-0.15, -0.1) is 0 Å². The molecule has 1 unspecified atom stereocenters. The smallest absolute Gasteiger partial charge is 0.367 e. The Hall–Kier alpha value is -1.33. The number of thiophene rings is 1. The zero-order chi connectivity index (χ0) is 13.2. The van der Waals surface area contributed by atoms with Gasteiger partial charge in [0.05, 0.1) is 0 Å². The highest BCUT2D eigenvalue weighted by Gasteiger charge is 2.41. The Labute approximate surface area is 107 Å². The molecule has 0 bridgehead atoms. The average Bonchev–Trinajstić information content (AvgIpc) is 2.82. The van der Waals surface area contributed by atoms with Gasteiger partial charge in [0.15, 0.2) is 6.10 Å². The number of hydrogen-bond acceptors (Lipinski definition) is 2. The number of alkyl halides is 3. The monoisotopic (exact) mass is 272 g/mol. The molecule has 5 heteroatoms. The third-order valence-electron chi connectivity index (χ3n) is 2.60. The number of ether oxygens (including phenoxy) is 1. The summed E-state index contributed by atoms with van der Waals surface area (Å²) < 4.78 is 42.5. The number of rotatable bonds is 3. The van der Waals surface area contributed by atoms with Crippen molar-refractivity contribution in [2.75, 3.05) is 7.11 Å². The minimum atomic E-state index is -4.39. The molecular weight excluding hydrogens is 261 g/mol. The van der Waals surface area contributed by atoms with Crippen LogP contribution in [-0.4, -0.2) is 13.3 Å². The normalized spacial score (nSPS) is 13.6. The lowest BCUT2D eigenvalue weighted by atomic mass is 10.0. The van der Waals surface area contributed by atoms with Gasteiger partial charge in [-0.1, -0.05) is 24.3 Å². The van der Waals surface area contributed by atoms with Gasteiger partial charge < -0.3 is 4.74 Å². The number of benzene rings is 1. The van der Waals surface area contributed by atoms with E-state index in [1.807, 2.05) is 16.8 Å². The molecule has 1 nitrogen and oxygen atoms in total. The second-order valence-electron chi connectivity index (χ2n) is 3.79. The van der Waals surface area contributed by atoms with Gasteiger partial charge in [0, 0.05) is 7.11 Å². The van der Waals surface area contributed by atoms with Crippen molar-refractivity contribution in [1.82, 2.24) is 0 Å².